The van der Waals surface area contributed by atoms with Crippen LogP contribution < -0.4 is 5.32 Å². The second kappa shape index (κ2) is 6.52. The van der Waals surface area contributed by atoms with Crippen molar-refractivity contribution >= 4 is 23.4 Å². The van der Waals surface area contributed by atoms with Crippen LogP contribution in [0.3, 0.4) is 0 Å². The van der Waals surface area contributed by atoms with Crippen molar-refractivity contribution < 1.29 is 9.59 Å². The molecule has 0 saturated heterocycles. The molecule has 1 rings (SSSR count). The first kappa shape index (κ1) is 15.4. The van der Waals surface area contributed by atoms with Crippen LogP contribution in [0.4, 0.5) is 0 Å². The van der Waals surface area contributed by atoms with E-state index in [4.69, 9.17) is 11.6 Å². The summed E-state index contributed by atoms with van der Waals surface area (Å²) in [6, 6.07) is 1.66. The highest BCUT2D eigenvalue weighted by Crippen LogP contribution is 2.17. The molecule has 0 fully saturated rings. The van der Waals surface area contributed by atoms with Gasteiger partial charge < -0.3 is 10.2 Å². The predicted octanol–water partition coefficient (Wildman–Crippen LogP) is 1.64. The highest BCUT2D eigenvalue weighted by atomic mass is 35.5. The van der Waals surface area contributed by atoms with Gasteiger partial charge in [0, 0.05) is 25.0 Å². The Kier molecular flexibility index (Phi) is 5.30. The van der Waals surface area contributed by atoms with Gasteiger partial charge in [0.25, 0.3) is 5.91 Å². The van der Waals surface area contributed by atoms with Gasteiger partial charge in [0.15, 0.2) is 0 Å². The maximum absolute atomic E-state index is 12.1. The van der Waals surface area contributed by atoms with Crippen LogP contribution >= 0.6 is 11.6 Å². The molecule has 0 aliphatic rings. The van der Waals surface area contributed by atoms with Crippen molar-refractivity contribution in [2.45, 2.75) is 26.8 Å². The van der Waals surface area contributed by atoms with Crippen molar-refractivity contribution in [2.75, 3.05) is 13.6 Å². The summed E-state index contributed by atoms with van der Waals surface area (Å²) in [7, 11) is 1.55. The first-order valence-corrected chi connectivity index (χ1v) is 6.36. The van der Waals surface area contributed by atoms with E-state index in [1.807, 2.05) is 13.8 Å². The highest BCUT2D eigenvalue weighted by molar-refractivity contribution is 6.33. The van der Waals surface area contributed by atoms with Crippen LogP contribution in [-0.4, -0.2) is 41.3 Å². The van der Waals surface area contributed by atoms with Crippen LogP contribution in [-0.2, 0) is 4.79 Å². The number of carbonyl (C=O) groups excluding carboxylic acids is 2. The summed E-state index contributed by atoms with van der Waals surface area (Å²) >= 11 is 6.00. The van der Waals surface area contributed by atoms with Gasteiger partial charge in [0.2, 0.25) is 5.91 Å². The molecule has 0 aromatic carbocycles. The third kappa shape index (κ3) is 4.52. The van der Waals surface area contributed by atoms with Crippen LogP contribution in [0.2, 0.25) is 5.02 Å². The highest BCUT2D eigenvalue weighted by Gasteiger charge is 2.18. The van der Waals surface area contributed by atoms with Gasteiger partial charge in [-0.15, -0.1) is 0 Å². The summed E-state index contributed by atoms with van der Waals surface area (Å²) in [5, 5.41) is 3.06. The fourth-order valence-corrected chi connectivity index (χ4v) is 1.83. The molecule has 0 aliphatic carbocycles. The number of carbonyl (C=O) groups is 2. The molecule has 6 heteroatoms. The standard InChI is InChI=1S/C13H18ClN3O2/c1-8(2)16-12(18)7-17(4)13(19)10-6-15-9(3)5-11(10)14/h5-6,8H,7H2,1-4H3,(H,16,18). The summed E-state index contributed by atoms with van der Waals surface area (Å²) in [5.41, 5.74) is 1.04. The number of pyridine rings is 1. The third-order valence-corrected chi connectivity index (χ3v) is 2.71. The second-order valence-corrected chi connectivity index (χ2v) is 5.10. The molecule has 19 heavy (non-hydrogen) atoms. The zero-order valence-electron chi connectivity index (χ0n) is 11.5. The molecule has 1 N–H and O–H groups in total. The molecule has 5 nitrogen and oxygen atoms in total. The summed E-state index contributed by atoms with van der Waals surface area (Å²) in [4.78, 5) is 29.1. The van der Waals surface area contributed by atoms with Crippen molar-refractivity contribution in [3.05, 3.63) is 28.5 Å². The van der Waals surface area contributed by atoms with Gasteiger partial charge in [-0.2, -0.15) is 0 Å². The Morgan fingerprint density at radius 1 is 1.47 bits per heavy atom. The predicted molar refractivity (Wildman–Crippen MR) is 74.2 cm³/mol. The number of nitrogens with zero attached hydrogens (tertiary/aromatic N) is 2. The number of hydrogen-bond donors (Lipinski definition) is 1. The van der Waals surface area contributed by atoms with E-state index >= 15 is 0 Å². The molecule has 0 radical (unpaired) electrons. The third-order valence-electron chi connectivity index (χ3n) is 2.40. The monoisotopic (exact) mass is 283 g/mol. The molecule has 104 valence electrons. The lowest BCUT2D eigenvalue weighted by molar-refractivity contribution is -0.122. The van der Waals surface area contributed by atoms with Gasteiger partial charge in [-0.25, -0.2) is 0 Å². The molecule has 0 saturated carbocycles. The van der Waals surface area contributed by atoms with E-state index in [0.717, 1.165) is 5.69 Å². The quantitative estimate of drug-likeness (QED) is 0.914. The number of aromatic nitrogens is 1. The van der Waals surface area contributed by atoms with Crippen molar-refractivity contribution in [1.82, 2.24) is 15.2 Å². The van der Waals surface area contributed by atoms with E-state index < -0.39 is 0 Å². The minimum absolute atomic E-state index is 0.0127. The Morgan fingerprint density at radius 3 is 2.63 bits per heavy atom. The smallest absolute Gasteiger partial charge is 0.257 e. The summed E-state index contributed by atoms with van der Waals surface area (Å²) < 4.78 is 0. The first-order valence-electron chi connectivity index (χ1n) is 5.98. The lowest BCUT2D eigenvalue weighted by atomic mass is 10.2. The van der Waals surface area contributed by atoms with Gasteiger partial charge in [0.1, 0.15) is 0 Å². The van der Waals surface area contributed by atoms with Gasteiger partial charge >= 0.3 is 0 Å². The van der Waals surface area contributed by atoms with Crippen LogP contribution in [0.5, 0.6) is 0 Å². The Hall–Kier alpha value is -1.62. The first-order chi connectivity index (χ1) is 8.81. The minimum atomic E-state index is -0.323. The average Bonchev–Trinajstić information content (AvgIpc) is 2.26. The van der Waals surface area contributed by atoms with Gasteiger partial charge in [-0.1, -0.05) is 11.6 Å². The number of nitrogens with one attached hydrogen (secondary N) is 1. The van der Waals surface area contributed by atoms with Crippen molar-refractivity contribution in [2.24, 2.45) is 0 Å². The minimum Gasteiger partial charge on any atom is -0.352 e. The molecule has 2 amide bonds. The Morgan fingerprint density at radius 2 is 2.11 bits per heavy atom. The van der Waals surface area contributed by atoms with Crippen molar-refractivity contribution in [3.8, 4) is 0 Å². The van der Waals surface area contributed by atoms with E-state index in [9.17, 15) is 9.59 Å². The number of hydrogen-bond acceptors (Lipinski definition) is 3. The number of halogens is 1. The maximum Gasteiger partial charge on any atom is 0.257 e. The molecular weight excluding hydrogens is 266 g/mol. The molecule has 0 bridgehead atoms. The SMILES string of the molecule is Cc1cc(Cl)c(C(=O)N(C)CC(=O)NC(C)C)cn1. The normalized spacial score (nSPS) is 10.4. The molecular formula is C13H18ClN3O2. The average molecular weight is 284 g/mol. The lowest BCUT2D eigenvalue weighted by Gasteiger charge is -2.18. The largest absolute Gasteiger partial charge is 0.352 e. The van der Waals surface area contributed by atoms with Crippen molar-refractivity contribution in [3.63, 3.8) is 0 Å². The van der Waals surface area contributed by atoms with E-state index in [1.54, 1.807) is 20.0 Å². The van der Waals surface area contributed by atoms with Crippen LogP contribution in [0.1, 0.15) is 29.9 Å². The number of likely N-dealkylation sites (N-methyl/N-ethyl adjacent to an activating group) is 1. The number of aryl methyl sites for hydroxylation is 1. The second-order valence-electron chi connectivity index (χ2n) is 4.69. The van der Waals surface area contributed by atoms with Gasteiger partial charge in [-0.3, -0.25) is 14.6 Å². The van der Waals surface area contributed by atoms with Crippen molar-refractivity contribution in [1.29, 1.82) is 0 Å². The van der Waals surface area contributed by atoms with E-state index in [1.165, 1.54) is 11.1 Å². The van der Waals surface area contributed by atoms with E-state index in [-0.39, 0.29) is 24.4 Å². The summed E-state index contributed by atoms with van der Waals surface area (Å²) in [6.45, 7) is 5.50. The maximum atomic E-state index is 12.1. The molecule has 0 spiro atoms. The molecule has 1 heterocycles. The van der Waals surface area contributed by atoms with E-state index in [2.05, 4.69) is 10.3 Å². The molecule has 1 aromatic rings. The summed E-state index contributed by atoms with van der Waals surface area (Å²) in [5.74, 6) is -0.529. The Balaban J connectivity index is 2.74. The zero-order chi connectivity index (χ0) is 14.6. The van der Waals surface area contributed by atoms with Gasteiger partial charge in [-0.05, 0) is 26.8 Å². The van der Waals surface area contributed by atoms with E-state index in [0.29, 0.717) is 10.6 Å². The van der Waals surface area contributed by atoms with Crippen LogP contribution in [0.15, 0.2) is 12.3 Å². The van der Waals surface area contributed by atoms with Gasteiger partial charge in [0.05, 0.1) is 17.1 Å². The molecule has 0 atom stereocenters. The zero-order valence-corrected chi connectivity index (χ0v) is 12.3. The fraction of sp³-hybridized carbons (Fsp3) is 0.462. The molecule has 0 unspecified atom stereocenters. The Labute approximate surface area is 118 Å². The lowest BCUT2D eigenvalue weighted by Crippen LogP contribution is -2.40. The molecule has 1 aromatic heterocycles. The fourth-order valence-electron chi connectivity index (χ4n) is 1.54. The number of amides is 2. The topological polar surface area (TPSA) is 62.3 Å². The summed E-state index contributed by atoms with van der Waals surface area (Å²) in [6.07, 6.45) is 1.43. The number of rotatable bonds is 4. The molecule has 0 aliphatic heterocycles. The van der Waals surface area contributed by atoms with Crippen LogP contribution in [0, 0.1) is 6.92 Å². The Bertz CT molecular complexity index is 489. The van der Waals surface area contributed by atoms with Crippen LogP contribution in [0.25, 0.3) is 0 Å².